The van der Waals surface area contributed by atoms with E-state index in [1.807, 2.05) is 0 Å². The number of aromatic hydroxyl groups is 2. The highest BCUT2D eigenvalue weighted by Crippen LogP contribution is 2.13. The van der Waals surface area contributed by atoms with Crippen LogP contribution >= 0.6 is 0 Å². The zero-order valence-electron chi connectivity index (χ0n) is 15.8. The third kappa shape index (κ3) is 9.25. The van der Waals surface area contributed by atoms with E-state index in [0.717, 1.165) is 5.56 Å². The van der Waals surface area contributed by atoms with Crippen molar-refractivity contribution in [2.45, 2.75) is 31.8 Å². The summed E-state index contributed by atoms with van der Waals surface area (Å²) in [7, 11) is 0. The molecule has 0 bridgehead atoms. The summed E-state index contributed by atoms with van der Waals surface area (Å²) in [4.78, 5) is 32.0. The van der Waals surface area contributed by atoms with Crippen LogP contribution < -0.4 is 11.1 Å². The average Bonchev–Trinajstić information content (AvgIpc) is 2.61. The Kier molecular flexibility index (Phi) is 9.14. The van der Waals surface area contributed by atoms with E-state index in [0.29, 0.717) is 5.56 Å². The number of phenols is 2. The average molecular weight is 404 g/mol. The number of nitrogens with two attached hydrogens (primary N) is 1. The van der Waals surface area contributed by atoms with Crippen LogP contribution in [0.3, 0.4) is 0 Å². The zero-order valence-corrected chi connectivity index (χ0v) is 15.8. The minimum Gasteiger partial charge on any atom is -0.508 e. The molecule has 7 N–H and O–H groups in total. The molecule has 0 radical (unpaired) electrons. The Morgan fingerprint density at radius 2 is 1.38 bits per heavy atom. The fourth-order valence-electron chi connectivity index (χ4n) is 2.39. The number of carbonyl (C=O) groups excluding carboxylic acids is 1. The van der Waals surface area contributed by atoms with E-state index in [9.17, 15) is 19.5 Å². The first-order valence-corrected chi connectivity index (χ1v) is 8.62. The van der Waals surface area contributed by atoms with Gasteiger partial charge in [-0.1, -0.05) is 24.3 Å². The molecule has 0 aliphatic rings. The van der Waals surface area contributed by atoms with Crippen LogP contribution in [0.2, 0.25) is 0 Å². The second-order valence-corrected chi connectivity index (χ2v) is 6.28. The van der Waals surface area contributed by atoms with Crippen molar-refractivity contribution in [3.8, 4) is 11.5 Å². The zero-order chi connectivity index (χ0) is 22.0. The van der Waals surface area contributed by atoms with Crippen LogP contribution in [-0.2, 0) is 27.2 Å². The van der Waals surface area contributed by atoms with Crippen LogP contribution in [0.15, 0.2) is 48.5 Å². The number of hydrogen-bond acceptors (Lipinski definition) is 6. The maximum atomic E-state index is 10.8. The number of carboxylic acid groups (broad SMARTS) is 2. The van der Waals surface area contributed by atoms with Gasteiger partial charge < -0.3 is 31.5 Å². The van der Waals surface area contributed by atoms with Gasteiger partial charge >= 0.3 is 11.9 Å². The lowest BCUT2D eigenvalue weighted by atomic mass is 10.1. The van der Waals surface area contributed by atoms with Gasteiger partial charge in [-0.15, -0.1) is 0 Å². The number of benzene rings is 2. The highest BCUT2D eigenvalue weighted by molar-refractivity contribution is 5.82. The summed E-state index contributed by atoms with van der Waals surface area (Å²) in [6.45, 7) is 1.26. The first kappa shape index (κ1) is 23.4. The predicted molar refractivity (Wildman–Crippen MR) is 104 cm³/mol. The fourth-order valence-corrected chi connectivity index (χ4v) is 2.39. The molecule has 2 aromatic carbocycles. The quantitative estimate of drug-likeness (QED) is 0.395. The van der Waals surface area contributed by atoms with E-state index in [4.69, 9.17) is 21.1 Å². The maximum Gasteiger partial charge on any atom is 0.326 e. The van der Waals surface area contributed by atoms with Crippen LogP contribution in [0.4, 0.5) is 0 Å². The number of aliphatic carboxylic acids is 2. The van der Waals surface area contributed by atoms with E-state index < -0.39 is 29.9 Å². The predicted octanol–water partition coefficient (Wildman–Crippen LogP) is 0.871. The first-order valence-electron chi connectivity index (χ1n) is 8.62. The van der Waals surface area contributed by atoms with E-state index >= 15 is 0 Å². The molecule has 0 unspecified atom stereocenters. The largest absolute Gasteiger partial charge is 0.508 e. The Morgan fingerprint density at radius 3 is 1.76 bits per heavy atom. The molecule has 0 fully saturated rings. The molecule has 0 spiro atoms. The summed E-state index contributed by atoms with van der Waals surface area (Å²) in [5.41, 5.74) is 6.69. The Labute approximate surface area is 167 Å². The van der Waals surface area contributed by atoms with Crippen LogP contribution in [0.25, 0.3) is 0 Å². The monoisotopic (exact) mass is 404 g/mol. The Balaban J connectivity index is 0.000000296. The lowest BCUT2D eigenvalue weighted by Crippen LogP contribution is -2.41. The Morgan fingerprint density at radius 1 is 0.897 bits per heavy atom. The molecule has 0 saturated carbocycles. The summed E-state index contributed by atoms with van der Waals surface area (Å²) in [5.74, 6) is -2.34. The molecule has 2 rings (SSSR count). The smallest absolute Gasteiger partial charge is 0.326 e. The molecule has 9 nitrogen and oxygen atoms in total. The van der Waals surface area contributed by atoms with Gasteiger partial charge in [-0.3, -0.25) is 9.59 Å². The Bertz CT molecular complexity index is 854. The van der Waals surface area contributed by atoms with Crippen LogP contribution in [0.5, 0.6) is 11.5 Å². The molecule has 0 aromatic heterocycles. The van der Waals surface area contributed by atoms with Crippen LogP contribution in [-0.4, -0.2) is 50.4 Å². The van der Waals surface area contributed by atoms with E-state index in [-0.39, 0.29) is 24.3 Å². The van der Waals surface area contributed by atoms with Crippen LogP contribution in [0, 0.1) is 0 Å². The lowest BCUT2D eigenvalue weighted by molar-refractivity contribution is -0.141. The van der Waals surface area contributed by atoms with Gasteiger partial charge in [-0.25, -0.2) is 4.79 Å². The van der Waals surface area contributed by atoms with E-state index in [1.165, 1.54) is 31.2 Å². The van der Waals surface area contributed by atoms with Gasteiger partial charge in [0, 0.05) is 13.3 Å². The van der Waals surface area contributed by atoms with E-state index in [1.54, 1.807) is 24.3 Å². The molecule has 2 aromatic rings. The molecular weight excluding hydrogens is 380 g/mol. The number of phenolic OH excluding ortho intramolecular Hbond substituents is 2. The Hall–Kier alpha value is -3.59. The SMILES string of the molecule is CC(=O)N[C@@H](Cc1cccc(O)c1)C(=O)O.N[C@@H](Cc1cccc(O)c1)C(=O)O. The molecule has 0 aliphatic heterocycles. The second-order valence-electron chi connectivity index (χ2n) is 6.28. The summed E-state index contributed by atoms with van der Waals surface area (Å²) >= 11 is 0. The topological polar surface area (TPSA) is 170 Å². The number of hydrogen-bond donors (Lipinski definition) is 6. The number of rotatable bonds is 7. The van der Waals surface area contributed by atoms with Crippen molar-refractivity contribution >= 4 is 17.8 Å². The number of carboxylic acids is 2. The molecule has 156 valence electrons. The van der Waals surface area contributed by atoms with Gasteiger partial charge in [0.25, 0.3) is 0 Å². The maximum absolute atomic E-state index is 10.8. The first-order chi connectivity index (χ1) is 13.6. The molecule has 0 heterocycles. The summed E-state index contributed by atoms with van der Waals surface area (Å²) < 4.78 is 0. The van der Waals surface area contributed by atoms with Gasteiger partial charge in [-0.2, -0.15) is 0 Å². The van der Waals surface area contributed by atoms with Gasteiger partial charge in [0.1, 0.15) is 23.6 Å². The van der Waals surface area contributed by atoms with Crippen molar-refractivity contribution in [1.29, 1.82) is 0 Å². The fraction of sp³-hybridized carbons (Fsp3) is 0.250. The lowest BCUT2D eigenvalue weighted by Gasteiger charge is -2.13. The third-order valence-electron chi connectivity index (χ3n) is 3.71. The molecule has 0 saturated heterocycles. The highest BCUT2D eigenvalue weighted by atomic mass is 16.4. The van der Waals surface area contributed by atoms with Crippen molar-refractivity contribution in [2.24, 2.45) is 5.73 Å². The van der Waals surface area contributed by atoms with Crippen LogP contribution in [0.1, 0.15) is 18.1 Å². The minimum absolute atomic E-state index is 0.0736. The summed E-state index contributed by atoms with van der Waals surface area (Å²) in [6.07, 6.45) is 0.368. The van der Waals surface area contributed by atoms with E-state index in [2.05, 4.69) is 5.32 Å². The molecule has 2 atom stereocenters. The molecule has 1 amide bonds. The molecule has 29 heavy (non-hydrogen) atoms. The highest BCUT2D eigenvalue weighted by Gasteiger charge is 2.18. The number of amides is 1. The van der Waals surface area contributed by atoms with Gasteiger partial charge in [-0.05, 0) is 41.8 Å². The van der Waals surface area contributed by atoms with Gasteiger partial charge in [0.15, 0.2) is 0 Å². The molecular formula is C20H24N2O7. The van der Waals surface area contributed by atoms with Crippen molar-refractivity contribution in [2.75, 3.05) is 0 Å². The number of nitrogens with one attached hydrogen (secondary N) is 1. The number of carbonyl (C=O) groups is 3. The molecule has 9 heteroatoms. The summed E-state index contributed by atoms with van der Waals surface area (Å²) in [6, 6.07) is 10.8. The van der Waals surface area contributed by atoms with Crippen molar-refractivity contribution in [3.05, 3.63) is 59.7 Å². The standard InChI is InChI=1S/C11H13NO4.C9H11NO3/c1-7(13)12-10(11(15)16)6-8-3-2-4-9(14)5-8;10-8(9(12)13)5-6-2-1-3-7(11)4-6/h2-5,10,14H,6H2,1H3,(H,12,13)(H,15,16);1-4,8,11H,5,10H2,(H,12,13)/t10-;8-/m00/s1. The second kappa shape index (κ2) is 11.3. The molecule has 0 aliphatic carbocycles. The van der Waals surface area contributed by atoms with Gasteiger partial charge in [0.2, 0.25) is 5.91 Å². The normalized spacial score (nSPS) is 12.1. The van der Waals surface area contributed by atoms with Crippen molar-refractivity contribution in [1.82, 2.24) is 5.32 Å². The third-order valence-corrected chi connectivity index (χ3v) is 3.71. The van der Waals surface area contributed by atoms with Crippen molar-refractivity contribution in [3.63, 3.8) is 0 Å². The van der Waals surface area contributed by atoms with Gasteiger partial charge in [0.05, 0.1) is 0 Å². The summed E-state index contributed by atoms with van der Waals surface area (Å²) in [5, 5.41) is 38.0. The van der Waals surface area contributed by atoms with Crippen molar-refractivity contribution < 1.29 is 34.8 Å². The minimum atomic E-state index is -1.10.